The maximum Gasteiger partial charge on any atom is 0.240 e. The first-order valence-corrected chi connectivity index (χ1v) is 9.36. The Balaban J connectivity index is 2.04. The molecule has 1 aliphatic heterocycles. The number of amides is 1. The Morgan fingerprint density at radius 1 is 0.867 bits per heavy atom. The van der Waals surface area contributed by atoms with E-state index in [0.717, 1.165) is 16.8 Å². The highest BCUT2D eigenvalue weighted by molar-refractivity contribution is 6.03. The summed E-state index contributed by atoms with van der Waals surface area (Å²) in [6, 6.07) is 8.90. The van der Waals surface area contributed by atoms with E-state index in [2.05, 4.69) is 5.10 Å². The molecule has 0 radical (unpaired) electrons. The Morgan fingerprint density at radius 2 is 1.43 bits per heavy atom. The molecule has 0 saturated carbocycles. The number of rotatable bonds is 7. The Kier molecular flexibility index (Phi) is 6.34. The predicted molar refractivity (Wildman–Crippen MR) is 112 cm³/mol. The summed E-state index contributed by atoms with van der Waals surface area (Å²) < 4.78 is 27.1. The molecule has 160 valence electrons. The molecule has 1 amide bonds. The zero-order valence-corrected chi connectivity index (χ0v) is 18.0. The van der Waals surface area contributed by atoms with Crippen molar-refractivity contribution in [2.75, 3.05) is 35.5 Å². The van der Waals surface area contributed by atoms with Gasteiger partial charge in [-0.3, -0.25) is 4.79 Å². The number of hydrogen-bond acceptors (Lipinski definition) is 7. The van der Waals surface area contributed by atoms with Crippen molar-refractivity contribution >= 4 is 11.6 Å². The molecule has 30 heavy (non-hydrogen) atoms. The molecular formula is C22H26N2O6. The lowest BCUT2D eigenvalue weighted by Crippen LogP contribution is -2.24. The lowest BCUT2D eigenvalue weighted by Gasteiger charge is -2.22. The third kappa shape index (κ3) is 3.98. The first-order chi connectivity index (χ1) is 14.4. The monoisotopic (exact) mass is 414 g/mol. The standard InChI is InChI=1S/C22H26N2O6/c1-13(25)24-19(15-9-20(28-4)22(30-6)21(10-15)29-5)12-18(23-24)14-7-16(26-2)11-17(8-14)27-3/h7-11,19H,12H2,1-6H3/t19-/m0/s1. The molecule has 2 aromatic rings. The van der Waals surface area contributed by atoms with E-state index in [9.17, 15) is 4.79 Å². The fraction of sp³-hybridized carbons (Fsp3) is 0.364. The Hall–Kier alpha value is -3.42. The van der Waals surface area contributed by atoms with Gasteiger partial charge < -0.3 is 23.7 Å². The summed E-state index contributed by atoms with van der Waals surface area (Å²) in [5, 5.41) is 6.07. The molecule has 1 aliphatic rings. The van der Waals surface area contributed by atoms with Gasteiger partial charge in [-0.05, 0) is 29.8 Å². The van der Waals surface area contributed by atoms with E-state index < -0.39 is 0 Å². The van der Waals surface area contributed by atoms with Gasteiger partial charge in [0.25, 0.3) is 0 Å². The predicted octanol–water partition coefficient (Wildman–Crippen LogP) is 3.43. The van der Waals surface area contributed by atoms with Crippen LogP contribution < -0.4 is 23.7 Å². The molecule has 0 aromatic heterocycles. The van der Waals surface area contributed by atoms with E-state index in [4.69, 9.17) is 23.7 Å². The number of methoxy groups -OCH3 is 5. The first-order valence-electron chi connectivity index (χ1n) is 9.36. The quantitative estimate of drug-likeness (QED) is 0.691. The molecule has 0 spiro atoms. The molecule has 0 aliphatic carbocycles. The van der Waals surface area contributed by atoms with Gasteiger partial charge in [0, 0.05) is 25.0 Å². The van der Waals surface area contributed by atoms with Crippen molar-refractivity contribution in [3.63, 3.8) is 0 Å². The number of carbonyl (C=O) groups excluding carboxylic acids is 1. The average Bonchev–Trinajstić information content (AvgIpc) is 3.23. The van der Waals surface area contributed by atoms with Crippen molar-refractivity contribution in [1.82, 2.24) is 5.01 Å². The van der Waals surface area contributed by atoms with Gasteiger partial charge in [0.1, 0.15) is 11.5 Å². The highest BCUT2D eigenvalue weighted by Crippen LogP contribution is 2.43. The van der Waals surface area contributed by atoms with Gasteiger partial charge in [0.05, 0.1) is 47.3 Å². The molecule has 1 heterocycles. The second-order valence-electron chi connectivity index (χ2n) is 6.69. The maximum atomic E-state index is 12.4. The third-order valence-corrected chi connectivity index (χ3v) is 4.99. The largest absolute Gasteiger partial charge is 0.497 e. The number of hydrazone groups is 1. The maximum absolute atomic E-state index is 12.4. The van der Waals surface area contributed by atoms with E-state index in [0.29, 0.717) is 35.2 Å². The number of benzene rings is 2. The van der Waals surface area contributed by atoms with Crippen LogP contribution in [-0.2, 0) is 4.79 Å². The van der Waals surface area contributed by atoms with Crippen molar-refractivity contribution in [3.05, 3.63) is 41.5 Å². The molecule has 3 rings (SSSR count). The Bertz CT molecular complexity index is 925. The van der Waals surface area contributed by atoms with E-state index in [1.807, 2.05) is 24.3 Å². The van der Waals surface area contributed by atoms with Crippen LogP contribution >= 0.6 is 0 Å². The van der Waals surface area contributed by atoms with Gasteiger partial charge in [0.15, 0.2) is 11.5 Å². The minimum Gasteiger partial charge on any atom is -0.497 e. The number of ether oxygens (including phenoxy) is 5. The summed E-state index contributed by atoms with van der Waals surface area (Å²) in [4.78, 5) is 12.4. The minimum atomic E-state index is -0.316. The summed E-state index contributed by atoms with van der Waals surface area (Å²) in [6.45, 7) is 1.49. The molecule has 1 atom stereocenters. The normalized spacial score (nSPS) is 15.5. The summed E-state index contributed by atoms with van der Waals surface area (Å²) in [6.07, 6.45) is 0.508. The molecule has 0 saturated heterocycles. The topological polar surface area (TPSA) is 78.8 Å². The zero-order valence-electron chi connectivity index (χ0n) is 18.0. The first kappa shape index (κ1) is 21.3. The van der Waals surface area contributed by atoms with Gasteiger partial charge >= 0.3 is 0 Å². The molecule has 0 N–H and O–H groups in total. The van der Waals surface area contributed by atoms with Gasteiger partial charge in [-0.1, -0.05) is 0 Å². The zero-order chi connectivity index (χ0) is 21.8. The van der Waals surface area contributed by atoms with Crippen molar-refractivity contribution in [2.45, 2.75) is 19.4 Å². The van der Waals surface area contributed by atoms with E-state index in [1.165, 1.54) is 11.9 Å². The van der Waals surface area contributed by atoms with Crippen LogP contribution in [0.25, 0.3) is 0 Å². The minimum absolute atomic E-state index is 0.168. The van der Waals surface area contributed by atoms with Gasteiger partial charge in [-0.15, -0.1) is 0 Å². The lowest BCUT2D eigenvalue weighted by atomic mass is 9.97. The van der Waals surface area contributed by atoms with Crippen LogP contribution in [0, 0.1) is 0 Å². The average molecular weight is 414 g/mol. The van der Waals surface area contributed by atoms with Gasteiger partial charge in [0.2, 0.25) is 11.7 Å². The molecule has 0 unspecified atom stereocenters. The molecular weight excluding hydrogens is 388 g/mol. The Labute approximate surface area is 175 Å². The SMILES string of the molecule is COc1cc(OC)cc(C2=NN(C(C)=O)[C@H](c3cc(OC)c(OC)c(OC)c3)C2)c1. The Morgan fingerprint density at radius 3 is 1.87 bits per heavy atom. The summed E-state index contributed by atoms with van der Waals surface area (Å²) >= 11 is 0. The van der Waals surface area contributed by atoms with Crippen molar-refractivity contribution in [1.29, 1.82) is 0 Å². The van der Waals surface area contributed by atoms with Crippen molar-refractivity contribution < 1.29 is 28.5 Å². The number of carbonyl (C=O) groups is 1. The molecule has 2 aromatic carbocycles. The fourth-order valence-corrected chi connectivity index (χ4v) is 3.50. The summed E-state index contributed by atoms with van der Waals surface area (Å²) in [7, 11) is 7.85. The van der Waals surface area contributed by atoms with E-state index in [1.54, 1.807) is 41.6 Å². The van der Waals surface area contributed by atoms with E-state index >= 15 is 0 Å². The third-order valence-electron chi connectivity index (χ3n) is 4.99. The molecule has 8 heteroatoms. The van der Waals surface area contributed by atoms with Crippen molar-refractivity contribution in [2.24, 2.45) is 5.10 Å². The van der Waals surface area contributed by atoms with Crippen LogP contribution in [0.4, 0.5) is 0 Å². The second kappa shape index (κ2) is 8.94. The molecule has 0 fully saturated rings. The fourth-order valence-electron chi connectivity index (χ4n) is 3.50. The molecule has 8 nitrogen and oxygen atoms in total. The second-order valence-corrected chi connectivity index (χ2v) is 6.69. The van der Waals surface area contributed by atoms with Crippen molar-refractivity contribution in [3.8, 4) is 28.7 Å². The van der Waals surface area contributed by atoms with Gasteiger partial charge in [-0.2, -0.15) is 5.10 Å². The van der Waals surface area contributed by atoms with Crippen LogP contribution in [0.15, 0.2) is 35.4 Å². The number of nitrogens with zero attached hydrogens (tertiary/aromatic N) is 2. The highest BCUT2D eigenvalue weighted by Gasteiger charge is 2.33. The van der Waals surface area contributed by atoms with Crippen LogP contribution in [0.5, 0.6) is 28.7 Å². The number of hydrogen-bond donors (Lipinski definition) is 0. The van der Waals surface area contributed by atoms with E-state index in [-0.39, 0.29) is 11.9 Å². The lowest BCUT2D eigenvalue weighted by molar-refractivity contribution is -0.130. The van der Waals surface area contributed by atoms with Crippen LogP contribution in [-0.4, -0.2) is 52.2 Å². The van der Waals surface area contributed by atoms with Gasteiger partial charge in [-0.25, -0.2) is 5.01 Å². The smallest absolute Gasteiger partial charge is 0.240 e. The summed E-state index contributed by atoms with van der Waals surface area (Å²) in [5.41, 5.74) is 2.40. The van der Waals surface area contributed by atoms with Crippen LogP contribution in [0.1, 0.15) is 30.5 Å². The highest BCUT2D eigenvalue weighted by atomic mass is 16.5. The molecule has 0 bridgehead atoms. The summed E-state index contributed by atoms with van der Waals surface area (Å²) in [5.74, 6) is 2.67. The van der Waals surface area contributed by atoms with Crippen LogP contribution in [0.2, 0.25) is 0 Å². The van der Waals surface area contributed by atoms with Crippen LogP contribution in [0.3, 0.4) is 0 Å².